The second-order valence-corrected chi connectivity index (χ2v) is 7.01. The van der Waals surface area contributed by atoms with Gasteiger partial charge in [-0.1, -0.05) is 60.7 Å². The molecule has 0 fully saturated rings. The van der Waals surface area contributed by atoms with Crippen molar-refractivity contribution >= 4 is 23.1 Å². The van der Waals surface area contributed by atoms with Gasteiger partial charge in [0.1, 0.15) is 5.82 Å². The highest BCUT2D eigenvalue weighted by Gasteiger charge is 2.14. The molecule has 27 heavy (non-hydrogen) atoms. The SMILES string of the molecule is Cc1cc(NC(=O)Cc2ccccc2)n(-c2nc(-c3ccccc3)cs2)n1. The summed E-state index contributed by atoms with van der Waals surface area (Å²) in [5.41, 5.74) is 3.74. The number of hydrogen-bond acceptors (Lipinski definition) is 4. The van der Waals surface area contributed by atoms with Crippen LogP contribution in [0.3, 0.4) is 0 Å². The van der Waals surface area contributed by atoms with Crippen LogP contribution in [0.5, 0.6) is 0 Å². The molecule has 0 radical (unpaired) electrons. The maximum absolute atomic E-state index is 12.4. The Kier molecular flexibility index (Phi) is 4.80. The van der Waals surface area contributed by atoms with Crippen LogP contribution in [0.1, 0.15) is 11.3 Å². The van der Waals surface area contributed by atoms with Crippen LogP contribution in [0.2, 0.25) is 0 Å². The minimum atomic E-state index is -0.0813. The van der Waals surface area contributed by atoms with Crippen molar-refractivity contribution in [3.63, 3.8) is 0 Å². The van der Waals surface area contributed by atoms with Gasteiger partial charge in [-0.3, -0.25) is 4.79 Å². The molecular formula is C21H18N4OS. The van der Waals surface area contributed by atoms with Crippen LogP contribution in [0.25, 0.3) is 16.4 Å². The number of aryl methyl sites for hydroxylation is 1. The van der Waals surface area contributed by atoms with Gasteiger partial charge in [0.2, 0.25) is 11.0 Å². The quantitative estimate of drug-likeness (QED) is 0.560. The first-order valence-corrected chi connectivity index (χ1v) is 9.49. The zero-order valence-corrected chi connectivity index (χ0v) is 15.6. The number of carbonyl (C=O) groups excluding carboxylic acids is 1. The summed E-state index contributed by atoms with van der Waals surface area (Å²) >= 11 is 1.49. The van der Waals surface area contributed by atoms with Gasteiger partial charge < -0.3 is 5.32 Å². The molecule has 2 aromatic heterocycles. The third-order valence-corrected chi connectivity index (χ3v) is 4.87. The Balaban J connectivity index is 1.56. The summed E-state index contributed by atoms with van der Waals surface area (Å²) in [6.07, 6.45) is 0.318. The van der Waals surface area contributed by atoms with Gasteiger partial charge in [-0.15, -0.1) is 11.3 Å². The first-order chi connectivity index (χ1) is 13.2. The molecule has 0 unspecified atom stereocenters. The molecule has 4 aromatic rings. The number of thiazole rings is 1. The van der Waals surface area contributed by atoms with Crippen molar-refractivity contribution < 1.29 is 4.79 Å². The Bertz CT molecular complexity index is 1050. The molecule has 134 valence electrons. The fourth-order valence-corrected chi connectivity index (χ4v) is 3.60. The monoisotopic (exact) mass is 374 g/mol. The summed E-state index contributed by atoms with van der Waals surface area (Å²) in [6, 6.07) is 21.5. The van der Waals surface area contributed by atoms with E-state index in [2.05, 4.69) is 15.4 Å². The van der Waals surface area contributed by atoms with Crippen molar-refractivity contribution in [2.45, 2.75) is 13.3 Å². The maximum Gasteiger partial charge on any atom is 0.229 e. The van der Waals surface area contributed by atoms with E-state index < -0.39 is 0 Å². The number of carbonyl (C=O) groups is 1. The molecular weight excluding hydrogens is 356 g/mol. The van der Waals surface area contributed by atoms with Crippen molar-refractivity contribution in [1.29, 1.82) is 0 Å². The average molecular weight is 374 g/mol. The van der Waals surface area contributed by atoms with Crippen molar-refractivity contribution in [3.05, 3.63) is 83.4 Å². The largest absolute Gasteiger partial charge is 0.310 e. The second kappa shape index (κ2) is 7.55. The first kappa shape index (κ1) is 17.2. The molecule has 0 bridgehead atoms. The van der Waals surface area contributed by atoms with E-state index in [1.54, 1.807) is 4.68 Å². The molecule has 0 saturated carbocycles. The van der Waals surface area contributed by atoms with E-state index >= 15 is 0 Å². The fourth-order valence-electron chi connectivity index (χ4n) is 2.81. The van der Waals surface area contributed by atoms with Gasteiger partial charge in [-0.25, -0.2) is 4.98 Å². The van der Waals surface area contributed by atoms with Crippen molar-refractivity contribution in [2.24, 2.45) is 0 Å². The van der Waals surface area contributed by atoms with E-state index in [1.807, 2.05) is 79.0 Å². The third kappa shape index (κ3) is 3.96. The van der Waals surface area contributed by atoms with Crippen LogP contribution in [0.4, 0.5) is 5.82 Å². The van der Waals surface area contributed by atoms with E-state index in [1.165, 1.54) is 11.3 Å². The molecule has 0 aliphatic carbocycles. The van der Waals surface area contributed by atoms with Gasteiger partial charge in [-0.05, 0) is 12.5 Å². The van der Waals surface area contributed by atoms with Crippen LogP contribution < -0.4 is 5.32 Å². The summed E-state index contributed by atoms with van der Waals surface area (Å²) in [7, 11) is 0. The lowest BCUT2D eigenvalue weighted by atomic mass is 10.1. The number of nitrogens with zero attached hydrogens (tertiary/aromatic N) is 3. The molecule has 0 saturated heterocycles. The number of hydrogen-bond donors (Lipinski definition) is 1. The predicted octanol–water partition coefficient (Wildman–Crippen LogP) is 4.49. The topological polar surface area (TPSA) is 59.8 Å². The molecule has 0 spiro atoms. The summed E-state index contributed by atoms with van der Waals surface area (Å²) in [4.78, 5) is 17.1. The first-order valence-electron chi connectivity index (χ1n) is 8.61. The van der Waals surface area contributed by atoms with E-state index in [-0.39, 0.29) is 5.91 Å². The zero-order valence-electron chi connectivity index (χ0n) is 14.8. The molecule has 4 rings (SSSR count). The smallest absolute Gasteiger partial charge is 0.229 e. The summed E-state index contributed by atoms with van der Waals surface area (Å²) in [5.74, 6) is 0.546. The Morgan fingerprint density at radius 1 is 1.07 bits per heavy atom. The molecule has 0 aliphatic heterocycles. The van der Waals surface area contributed by atoms with Gasteiger partial charge in [0, 0.05) is 17.0 Å². The molecule has 1 amide bonds. The summed E-state index contributed by atoms with van der Waals surface area (Å²) < 4.78 is 1.69. The molecule has 2 heterocycles. The van der Waals surface area contributed by atoms with Crippen LogP contribution in [-0.2, 0) is 11.2 Å². The van der Waals surface area contributed by atoms with Gasteiger partial charge in [0.05, 0.1) is 17.8 Å². The Morgan fingerprint density at radius 3 is 2.52 bits per heavy atom. The molecule has 5 nitrogen and oxygen atoms in total. The molecule has 2 aromatic carbocycles. The van der Waals surface area contributed by atoms with Gasteiger partial charge in [0.15, 0.2) is 0 Å². The summed E-state index contributed by atoms with van der Waals surface area (Å²) in [6.45, 7) is 1.90. The highest BCUT2D eigenvalue weighted by molar-refractivity contribution is 7.12. The van der Waals surface area contributed by atoms with Crippen molar-refractivity contribution in [1.82, 2.24) is 14.8 Å². The number of nitrogens with one attached hydrogen (secondary N) is 1. The molecule has 6 heteroatoms. The normalized spacial score (nSPS) is 10.7. The van der Waals surface area contributed by atoms with E-state index in [4.69, 9.17) is 0 Å². The fraction of sp³-hybridized carbons (Fsp3) is 0.0952. The molecule has 0 aliphatic rings. The lowest BCUT2D eigenvalue weighted by Crippen LogP contribution is -2.17. The van der Waals surface area contributed by atoms with Crippen molar-refractivity contribution in [2.75, 3.05) is 5.32 Å². The van der Waals surface area contributed by atoms with E-state index in [0.29, 0.717) is 12.2 Å². The number of rotatable bonds is 5. The van der Waals surface area contributed by atoms with Crippen molar-refractivity contribution in [3.8, 4) is 16.4 Å². The lowest BCUT2D eigenvalue weighted by molar-refractivity contribution is -0.115. The number of aromatic nitrogens is 3. The summed E-state index contributed by atoms with van der Waals surface area (Å²) in [5, 5.41) is 10.2. The van der Waals surface area contributed by atoms with Crippen LogP contribution in [0.15, 0.2) is 72.1 Å². The minimum Gasteiger partial charge on any atom is -0.310 e. The Hall–Kier alpha value is -3.25. The zero-order chi connectivity index (χ0) is 18.6. The third-order valence-electron chi connectivity index (χ3n) is 4.05. The Morgan fingerprint density at radius 2 is 1.78 bits per heavy atom. The second-order valence-electron chi connectivity index (χ2n) is 6.17. The molecule has 0 atom stereocenters. The number of benzene rings is 2. The predicted molar refractivity (Wildman–Crippen MR) is 108 cm³/mol. The standard InChI is InChI=1S/C21H18N4OS/c1-15-12-19(23-20(26)13-16-8-4-2-5-9-16)25(24-15)21-22-18(14-27-21)17-10-6-3-7-11-17/h2-12,14H,13H2,1H3,(H,23,26). The van der Waals surface area contributed by atoms with Crippen LogP contribution in [0, 0.1) is 6.92 Å². The van der Waals surface area contributed by atoms with Gasteiger partial charge in [0.25, 0.3) is 0 Å². The van der Waals surface area contributed by atoms with E-state index in [0.717, 1.165) is 27.6 Å². The highest BCUT2D eigenvalue weighted by Crippen LogP contribution is 2.26. The Labute approximate surface area is 161 Å². The van der Waals surface area contributed by atoms with Gasteiger partial charge in [-0.2, -0.15) is 9.78 Å². The highest BCUT2D eigenvalue weighted by atomic mass is 32.1. The molecule has 1 N–H and O–H groups in total. The van der Waals surface area contributed by atoms with E-state index in [9.17, 15) is 4.79 Å². The van der Waals surface area contributed by atoms with Gasteiger partial charge >= 0.3 is 0 Å². The number of anilines is 1. The van der Waals surface area contributed by atoms with Crippen LogP contribution >= 0.6 is 11.3 Å². The maximum atomic E-state index is 12.4. The lowest BCUT2D eigenvalue weighted by Gasteiger charge is -2.06. The minimum absolute atomic E-state index is 0.0813. The average Bonchev–Trinajstić information content (AvgIpc) is 3.30. The van der Waals surface area contributed by atoms with Crippen LogP contribution in [-0.4, -0.2) is 20.7 Å². The number of amides is 1.